The summed E-state index contributed by atoms with van der Waals surface area (Å²) >= 11 is 0. The molecule has 1 unspecified atom stereocenters. The number of pyridine rings is 1. The Morgan fingerprint density at radius 2 is 1.47 bits per heavy atom. The minimum Gasteiger partial charge on any atom is -0.489 e. The second kappa shape index (κ2) is 9.96. The molecule has 0 bridgehead atoms. The predicted octanol–water partition coefficient (Wildman–Crippen LogP) is 5.75. The zero-order chi connectivity index (χ0) is 22.3. The fraction of sp³-hybridized carbons (Fsp3) is 0.185. The van der Waals surface area contributed by atoms with Gasteiger partial charge in [-0.15, -0.1) is 0 Å². The van der Waals surface area contributed by atoms with Gasteiger partial charge in [0.15, 0.2) is 11.9 Å². The largest absolute Gasteiger partial charge is 0.489 e. The summed E-state index contributed by atoms with van der Waals surface area (Å²) in [6.45, 7) is 3.99. The van der Waals surface area contributed by atoms with Crippen LogP contribution in [-0.4, -0.2) is 16.9 Å². The molecule has 4 aromatic rings. The first-order valence-corrected chi connectivity index (χ1v) is 10.5. The SMILES string of the molecule is CC(=O)C(C)Oc1ccccc1COc1ccc(OCc2ccc3ccccc3n2)cc1. The second-order valence-electron chi connectivity index (χ2n) is 7.52. The maximum absolute atomic E-state index is 11.5. The van der Waals surface area contributed by atoms with Crippen molar-refractivity contribution in [1.29, 1.82) is 0 Å². The molecule has 32 heavy (non-hydrogen) atoms. The minimum absolute atomic E-state index is 0.0183. The molecular formula is C27H25NO4. The third-order valence-corrected chi connectivity index (χ3v) is 5.11. The maximum atomic E-state index is 11.5. The quantitative estimate of drug-likeness (QED) is 0.340. The molecule has 1 atom stereocenters. The van der Waals surface area contributed by atoms with E-state index in [4.69, 9.17) is 14.2 Å². The number of nitrogens with zero attached hydrogens (tertiary/aromatic N) is 1. The molecule has 0 radical (unpaired) electrons. The molecule has 5 nitrogen and oxygen atoms in total. The van der Waals surface area contributed by atoms with E-state index in [1.807, 2.05) is 78.9 Å². The molecule has 1 aromatic heterocycles. The van der Waals surface area contributed by atoms with Crippen molar-refractivity contribution in [3.8, 4) is 17.2 Å². The molecule has 0 aliphatic heterocycles. The smallest absolute Gasteiger partial charge is 0.169 e. The van der Waals surface area contributed by atoms with Crippen LogP contribution in [0.5, 0.6) is 17.2 Å². The Bertz CT molecular complexity index is 1200. The summed E-state index contributed by atoms with van der Waals surface area (Å²) < 4.78 is 17.5. The third-order valence-electron chi connectivity index (χ3n) is 5.11. The number of ketones is 1. The highest BCUT2D eigenvalue weighted by Crippen LogP contribution is 2.24. The fourth-order valence-corrected chi connectivity index (χ4v) is 3.15. The molecule has 4 rings (SSSR count). The number of hydrogen-bond donors (Lipinski definition) is 0. The van der Waals surface area contributed by atoms with Gasteiger partial charge in [0.05, 0.1) is 11.2 Å². The van der Waals surface area contributed by atoms with Crippen LogP contribution in [0.15, 0.2) is 84.9 Å². The predicted molar refractivity (Wildman–Crippen MR) is 124 cm³/mol. The van der Waals surface area contributed by atoms with Gasteiger partial charge in [0, 0.05) is 10.9 Å². The van der Waals surface area contributed by atoms with Crippen molar-refractivity contribution in [3.63, 3.8) is 0 Å². The van der Waals surface area contributed by atoms with Gasteiger partial charge in [-0.1, -0.05) is 42.5 Å². The van der Waals surface area contributed by atoms with Gasteiger partial charge in [-0.05, 0) is 56.3 Å². The van der Waals surface area contributed by atoms with Crippen molar-refractivity contribution in [2.45, 2.75) is 33.2 Å². The maximum Gasteiger partial charge on any atom is 0.169 e. The van der Waals surface area contributed by atoms with Gasteiger partial charge < -0.3 is 14.2 Å². The van der Waals surface area contributed by atoms with Crippen LogP contribution in [0.25, 0.3) is 10.9 Å². The number of ether oxygens (including phenoxy) is 3. The zero-order valence-electron chi connectivity index (χ0n) is 18.2. The van der Waals surface area contributed by atoms with E-state index in [1.165, 1.54) is 6.92 Å². The Hall–Kier alpha value is -3.86. The Kier molecular flexibility index (Phi) is 6.66. The first-order valence-electron chi connectivity index (χ1n) is 10.5. The Morgan fingerprint density at radius 1 is 0.812 bits per heavy atom. The summed E-state index contributed by atoms with van der Waals surface area (Å²) in [5.74, 6) is 2.09. The van der Waals surface area contributed by atoms with Gasteiger partial charge in [0.1, 0.15) is 30.5 Å². The molecule has 0 spiro atoms. The van der Waals surface area contributed by atoms with E-state index in [9.17, 15) is 4.79 Å². The van der Waals surface area contributed by atoms with E-state index in [0.717, 1.165) is 33.7 Å². The average molecular weight is 428 g/mol. The number of aromatic nitrogens is 1. The van der Waals surface area contributed by atoms with Crippen LogP contribution in [0.2, 0.25) is 0 Å². The first kappa shape index (κ1) is 21.4. The highest BCUT2D eigenvalue weighted by atomic mass is 16.5. The van der Waals surface area contributed by atoms with Crippen molar-refractivity contribution in [1.82, 2.24) is 4.98 Å². The molecule has 0 saturated carbocycles. The summed E-state index contributed by atoms with van der Waals surface area (Å²) in [4.78, 5) is 16.1. The number of carbonyl (C=O) groups is 1. The normalized spacial score (nSPS) is 11.7. The number of rotatable bonds is 9. The van der Waals surface area contributed by atoms with Gasteiger partial charge in [-0.3, -0.25) is 4.79 Å². The lowest BCUT2D eigenvalue weighted by molar-refractivity contribution is -0.122. The van der Waals surface area contributed by atoms with Crippen LogP contribution >= 0.6 is 0 Å². The summed E-state index contributed by atoms with van der Waals surface area (Å²) in [6, 6.07) is 27.1. The number of benzene rings is 3. The molecular weight excluding hydrogens is 402 g/mol. The van der Waals surface area contributed by atoms with Crippen molar-refractivity contribution in [2.24, 2.45) is 0 Å². The zero-order valence-corrected chi connectivity index (χ0v) is 18.2. The molecule has 0 N–H and O–H groups in total. The number of fused-ring (bicyclic) bond motifs is 1. The number of para-hydroxylation sites is 2. The topological polar surface area (TPSA) is 57.7 Å². The minimum atomic E-state index is -0.496. The van der Waals surface area contributed by atoms with E-state index in [0.29, 0.717) is 19.0 Å². The highest BCUT2D eigenvalue weighted by Gasteiger charge is 2.12. The van der Waals surface area contributed by atoms with Gasteiger partial charge in [-0.2, -0.15) is 0 Å². The molecule has 0 saturated heterocycles. The number of carbonyl (C=O) groups excluding carboxylic acids is 1. The monoisotopic (exact) mass is 427 g/mol. The van der Waals surface area contributed by atoms with E-state index in [2.05, 4.69) is 11.1 Å². The van der Waals surface area contributed by atoms with Gasteiger partial charge in [0.2, 0.25) is 0 Å². The number of hydrogen-bond acceptors (Lipinski definition) is 5. The van der Waals surface area contributed by atoms with Crippen molar-refractivity contribution in [2.75, 3.05) is 0 Å². The summed E-state index contributed by atoms with van der Waals surface area (Å²) in [5, 5.41) is 1.11. The van der Waals surface area contributed by atoms with Crippen molar-refractivity contribution < 1.29 is 19.0 Å². The lowest BCUT2D eigenvalue weighted by atomic mass is 10.2. The Labute approximate surface area is 187 Å². The Morgan fingerprint density at radius 3 is 2.22 bits per heavy atom. The van der Waals surface area contributed by atoms with Crippen LogP contribution in [-0.2, 0) is 18.0 Å². The van der Waals surface area contributed by atoms with Crippen LogP contribution in [0.4, 0.5) is 0 Å². The van der Waals surface area contributed by atoms with Gasteiger partial charge in [-0.25, -0.2) is 4.98 Å². The second-order valence-corrected chi connectivity index (χ2v) is 7.52. The molecule has 3 aromatic carbocycles. The molecule has 0 aliphatic rings. The fourth-order valence-electron chi connectivity index (χ4n) is 3.15. The molecule has 1 heterocycles. The molecule has 5 heteroatoms. The van der Waals surface area contributed by atoms with E-state index in [1.54, 1.807) is 6.92 Å². The lowest BCUT2D eigenvalue weighted by Gasteiger charge is -2.16. The lowest BCUT2D eigenvalue weighted by Crippen LogP contribution is -2.21. The van der Waals surface area contributed by atoms with Crippen LogP contribution in [0.3, 0.4) is 0 Å². The van der Waals surface area contributed by atoms with Gasteiger partial charge >= 0.3 is 0 Å². The first-order chi connectivity index (χ1) is 15.6. The van der Waals surface area contributed by atoms with E-state index < -0.39 is 6.10 Å². The van der Waals surface area contributed by atoms with E-state index in [-0.39, 0.29) is 5.78 Å². The molecule has 0 aliphatic carbocycles. The van der Waals surface area contributed by atoms with Crippen LogP contribution < -0.4 is 14.2 Å². The summed E-state index contributed by atoms with van der Waals surface area (Å²) in [7, 11) is 0. The van der Waals surface area contributed by atoms with E-state index >= 15 is 0 Å². The number of Topliss-reactive ketones (excluding diaryl/α,β-unsaturated/α-hetero) is 1. The summed E-state index contributed by atoms with van der Waals surface area (Å²) in [6.07, 6.45) is -0.496. The highest BCUT2D eigenvalue weighted by molar-refractivity contribution is 5.80. The van der Waals surface area contributed by atoms with Crippen molar-refractivity contribution in [3.05, 3.63) is 96.2 Å². The average Bonchev–Trinajstić information content (AvgIpc) is 2.82. The molecule has 0 fully saturated rings. The van der Waals surface area contributed by atoms with Gasteiger partial charge in [0.25, 0.3) is 0 Å². The molecule has 162 valence electrons. The standard InChI is InChI=1S/C27H25NO4/c1-19(29)20(2)32-27-10-6-4-8-22(27)17-30-24-13-15-25(16-14-24)31-18-23-12-11-21-7-3-5-9-26(21)28-23/h3-16,20H,17-18H2,1-2H3. The van der Waals surface area contributed by atoms with Crippen molar-refractivity contribution >= 4 is 16.7 Å². The Balaban J connectivity index is 1.33. The molecule has 0 amide bonds. The third kappa shape index (κ3) is 5.43. The van der Waals surface area contributed by atoms with Crippen LogP contribution in [0, 0.1) is 0 Å². The van der Waals surface area contributed by atoms with Crippen LogP contribution in [0.1, 0.15) is 25.1 Å². The summed E-state index contributed by atoms with van der Waals surface area (Å²) in [5.41, 5.74) is 2.71.